The first-order chi connectivity index (χ1) is 19.7. The van der Waals surface area contributed by atoms with Crippen molar-refractivity contribution in [2.45, 2.75) is 84.3 Å². The topological polar surface area (TPSA) is 64.4 Å². The summed E-state index contributed by atoms with van der Waals surface area (Å²) < 4.78 is 12.0. The molecule has 4 aromatic rings. The van der Waals surface area contributed by atoms with E-state index in [1.165, 1.54) is 27.4 Å². The highest BCUT2D eigenvalue weighted by molar-refractivity contribution is 7.99. The van der Waals surface area contributed by atoms with Gasteiger partial charge in [0.2, 0.25) is 5.91 Å². The van der Waals surface area contributed by atoms with E-state index in [1.807, 2.05) is 18.2 Å². The lowest BCUT2D eigenvalue weighted by Crippen LogP contribution is -2.24. The zero-order valence-corrected chi connectivity index (χ0v) is 27.6. The van der Waals surface area contributed by atoms with Gasteiger partial charge >= 0.3 is 0 Å². The van der Waals surface area contributed by atoms with Crippen LogP contribution in [0.15, 0.2) is 64.2 Å². The summed E-state index contributed by atoms with van der Waals surface area (Å²) in [7, 11) is -0.497. The first-order valence-corrected chi connectivity index (χ1v) is 17.6. The Hall–Kier alpha value is -3.03. The second-order valence-corrected chi connectivity index (χ2v) is 14.1. The molecule has 0 aliphatic heterocycles. The van der Waals surface area contributed by atoms with Gasteiger partial charge in [-0.15, -0.1) is 0 Å². The number of nitrogens with one attached hydrogen (secondary N) is 1. The fourth-order valence-corrected chi connectivity index (χ4v) is 7.37. The van der Waals surface area contributed by atoms with E-state index in [9.17, 15) is 4.79 Å². The standard InChI is InChI=1S/C34H44N2O3SSi/c1-22(2)27-13-11-14-28(23(3)4)33(27)36-32(37)16-8-7-9-19-40-34-35-29-20-26(17-18-30(29)39-34)38-21-41-31-15-10-12-24(5)25(31)6/h10-15,17-18,20,22-23H,7-9,16,19,21,41H2,1-6H3,(H,36,37). The average molecular weight is 589 g/mol. The summed E-state index contributed by atoms with van der Waals surface area (Å²) in [5.74, 6) is 2.58. The zero-order chi connectivity index (χ0) is 29.4. The Bertz CT molecular complexity index is 1440. The maximum absolute atomic E-state index is 12.8. The Morgan fingerprint density at radius 2 is 1.71 bits per heavy atom. The number of oxazole rings is 1. The minimum absolute atomic E-state index is 0.0984. The molecule has 7 heteroatoms. The number of fused-ring (bicyclic) bond motifs is 1. The van der Waals surface area contributed by atoms with Crippen LogP contribution in [-0.4, -0.2) is 32.4 Å². The molecule has 218 valence electrons. The predicted octanol–water partition coefficient (Wildman–Crippen LogP) is 7.81. The molecule has 3 aromatic carbocycles. The summed E-state index contributed by atoms with van der Waals surface area (Å²) in [5, 5.41) is 5.37. The molecule has 0 bridgehead atoms. The molecule has 1 heterocycles. The third-order valence-electron chi connectivity index (χ3n) is 7.61. The summed E-state index contributed by atoms with van der Waals surface area (Å²) in [4.78, 5) is 17.4. The largest absolute Gasteiger partial charge is 0.497 e. The molecule has 0 spiro atoms. The number of aryl methyl sites for hydroxylation is 1. The van der Waals surface area contributed by atoms with E-state index >= 15 is 0 Å². The summed E-state index contributed by atoms with van der Waals surface area (Å²) in [6, 6.07) is 18.8. The summed E-state index contributed by atoms with van der Waals surface area (Å²) in [6.07, 6.45) is 4.16. The van der Waals surface area contributed by atoms with E-state index < -0.39 is 9.52 Å². The van der Waals surface area contributed by atoms with Crippen molar-refractivity contribution in [3.8, 4) is 5.75 Å². The molecule has 41 heavy (non-hydrogen) atoms. The van der Waals surface area contributed by atoms with Gasteiger partial charge in [0.25, 0.3) is 5.22 Å². The predicted molar refractivity (Wildman–Crippen MR) is 176 cm³/mol. The van der Waals surface area contributed by atoms with Crippen LogP contribution in [0.4, 0.5) is 5.69 Å². The van der Waals surface area contributed by atoms with Crippen LogP contribution in [0.1, 0.15) is 87.5 Å². The highest BCUT2D eigenvalue weighted by atomic mass is 32.2. The van der Waals surface area contributed by atoms with Gasteiger partial charge in [0.05, 0.1) is 15.7 Å². The van der Waals surface area contributed by atoms with Gasteiger partial charge in [-0.1, -0.05) is 87.5 Å². The van der Waals surface area contributed by atoms with Gasteiger partial charge in [-0.3, -0.25) is 4.79 Å². The SMILES string of the molecule is Cc1cccc([SiH2]COc2ccc3oc(SCCCCCC(=O)Nc4c(C(C)C)cccc4C(C)C)nc3c2)c1C. The third kappa shape index (κ3) is 8.49. The quantitative estimate of drug-likeness (QED) is 0.0925. The van der Waals surface area contributed by atoms with Crippen LogP contribution in [0, 0.1) is 13.8 Å². The maximum Gasteiger partial charge on any atom is 0.256 e. The number of benzene rings is 3. The maximum atomic E-state index is 12.8. The van der Waals surface area contributed by atoms with Crippen LogP contribution in [-0.2, 0) is 4.79 Å². The monoisotopic (exact) mass is 588 g/mol. The lowest BCUT2D eigenvalue weighted by Gasteiger charge is -2.20. The number of aromatic nitrogens is 1. The molecule has 5 nitrogen and oxygen atoms in total. The average Bonchev–Trinajstić information content (AvgIpc) is 3.35. The number of carbonyl (C=O) groups is 1. The molecular formula is C34H44N2O3SSi. The van der Waals surface area contributed by atoms with Crippen molar-refractivity contribution in [3.63, 3.8) is 0 Å². The molecule has 0 radical (unpaired) electrons. The van der Waals surface area contributed by atoms with E-state index in [2.05, 4.69) is 88.2 Å². The Balaban J connectivity index is 1.19. The zero-order valence-electron chi connectivity index (χ0n) is 25.4. The molecule has 0 fully saturated rings. The minimum atomic E-state index is -0.497. The van der Waals surface area contributed by atoms with Crippen LogP contribution in [0.2, 0.25) is 0 Å². The van der Waals surface area contributed by atoms with Gasteiger partial charge in [-0.25, -0.2) is 4.98 Å². The van der Waals surface area contributed by atoms with Crippen molar-refractivity contribution in [2.24, 2.45) is 0 Å². The second-order valence-electron chi connectivity index (χ2n) is 11.4. The number of para-hydroxylation sites is 1. The Morgan fingerprint density at radius 3 is 2.44 bits per heavy atom. The fourth-order valence-electron chi connectivity index (χ4n) is 5.02. The second kappa shape index (κ2) is 14.7. The van der Waals surface area contributed by atoms with Crippen LogP contribution in [0.25, 0.3) is 11.1 Å². The van der Waals surface area contributed by atoms with Crippen molar-refractivity contribution in [1.29, 1.82) is 0 Å². The van der Waals surface area contributed by atoms with E-state index in [4.69, 9.17) is 9.15 Å². The van der Waals surface area contributed by atoms with Gasteiger partial charge in [0.15, 0.2) is 5.58 Å². The van der Waals surface area contributed by atoms with Crippen molar-refractivity contribution >= 4 is 49.2 Å². The number of carbonyl (C=O) groups excluding carboxylic acids is 1. The van der Waals surface area contributed by atoms with Crippen LogP contribution in [0.5, 0.6) is 5.75 Å². The van der Waals surface area contributed by atoms with Gasteiger partial charge in [-0.05, 0) is 72.9 Å². The normalized spacial score (nSPS) is 11.8. The van der Waals surface area contributed by atoms with Crippen molar-refractivity contribution in [2.75, 3.05) is 17.3 Å². The number of rotatable bonds is 14. The molecule has 0 aliphatic rings. The number of nitrogens with zero attached hydrogens (tertiary/aromatic N) is 1. The van der Waals surface area contributed by atoms with Crippen molar-refractivity contribution in [3.05, 3.63) is 76.9 Å². The minimum Gasteiger partial charge on any atom is -0.497 e. The lowest BCUT2D eigenvalue weighted by molar-refractivity contribution is -0.116. The lowest BCUT2D eigenvalue weighted by atomic mass is 9.92. The molecular weight excluding hydrogens is 545 g/mol. The van der Waals surface area contributed by atoms with E-state index in [0.29, 0.717) is 23.5 Å². The molecule has 1 N–H and O–H groups in total. The Labute approximate surface area is 251 Å². The molecule has 0 atom stereocenters. The van der Waals surface area contributed by atoms with Crippen LogP contribution < -0.4 is 15.2 Å². The number of hydrogen-bond acceptors (Lipinski definition) is 5. The molecule has 1 amide bonds. The number of hydrogen-bond donors (Lipinski definition) is 1. The fraction of sp³-hybridized carbons (Fsp3) is 0.412. The first kappa shape index (κ1) is 30.9. The number of ether oxygens (including phenoxy) is 1. The van der Waals surface area contributed by atoms with Crippen LogP contribution in [0.3, 0.4) is 0 Å². The van der Waals surface area contributed by atoms with Crippen molar-refractivity contribution in [1.82, 2.24) is 4.98 Å². The highest BCUT2D eigenvalue weighted by Crippen LogP contribution is 2.32. The smallest absolute Gasteiger partial charge is 0.256 e. The molecule has 0 unspecified atom stereocenters. The van der Waals surface area contributed by atoms with E-state index in [-0.39, 0.29) is 5.91 Å². The van der Waals surface area contributed by atoms with Crippen molar-refractivity contribution < 1.29 is 13.9 Å². The molecule has 1 aromatic heterocycles. The number of thioether (sulfide) groups is 1. The van der Waals surface area contributed by atoms with E-state index in [1.54, 1.807) is 11.8 Å². The molecule has 0 saturated carbocycles. The number of anilines is 1. The first-order valence-electron chi connectivity index (χ1n) is 14.9. The summed E-state index contributed by atoms with van der Waals surface area (Å²) in [5.41, 5.74) is 7.77. The highest BCUT2D eigenvalue weighted by Gasteiger charge is 2.16. The van der Waals surface area contributed by atoms with E-state index in [0.717, 1.165) is 53.8 Å². The summed E-state index contributed by atoms with van der Waals surface area (Å²) in [6.45, 7) is 13.1. The van der Waals surface area contributed by atoms with Gasteiger partial charge in [0, 0.05) is 23.9 Å². The third-order valence-corrected chi connectivity index (χ3v) is 10.2. The van der Waals surface area contributed by atoms with Gasteiger partial charge < -0.3 is 14.5 Å². The Kier molecular flexibility index (Phi) is 11.1. The number of unbranched alkanes of at least 4 members (excludes halogenated alkanes) is 2. The summed E-state index contributed by atoms with van der Waals surface area (Å²) >= 11 is 1.63. The van der Waals surface area contributed by atoms with Gasteiger partial charge in [-0.2, -0.15) is 0 Å². The number of amides is 1. The van der Waals surface area contributed by atoms with Gasteiger partial charge in [0.1, 0.15) is 11.3 Å². The Morgan fingerprint density at radius 1 is 0.976 bits per heavy atom. The molecule has 0 aliphatic carbocycles. The van der Waals surface area contributed by atoms with Crippen LogP contribution >= 0.6 is 11.8 Å². The molecule has 0 saturated heterocycles. The molecule has 4 rings (SSSR count).